The van der Waals surface area contributed by atoms with Gasteiger partial charge in [0.2, 0.25) is 5.78 Å². The van der Waals surface area contributed by atoms with Crippen molar-refractivity contribution < 1.29 is 0 Å². The molecule has 2 aromatic heterocycles. The molecule has 5 rings (SSSR count). The van der Waals surface area contributed by atoms with Gasteiger partial charge in [0, 0.05) is 19.3 Å². The highest BCUT2D eigenvalue weighted by atomic mass is 15.2. The second-order valence-corrected chi connectivity index (χ2v) is 7.54. The topological polar surface area (TPSA) is 25.5 Å². The summed E-state index contributed by atoms with van der Waals surface area (Å²) in [7, 11) is 0. The average Bonchev–Trinajstić information content (AvgIpc) is 3.42. The van der Waals surface area contributed by atoms with Gasteiger partial charge in [-0.05, 0) is 55.6 Å². The average molecular weight is 358 g/mol. The zero-order valence-electron chi connectivity index (χ0n) is 15.9. The molecule has 27 heavy (non-hydrogen) atoms. The van der Waals surface area contributed by atoms with E-state index in [0.29, 0.717) is 0 Å². The van der Waals surface area contributed by atoms with Crippen LogP contribution in [0.4, 0.5) is 0 Å². The Morgan fingerprint density at radius 2 is 1.70 bits per heavy atom. The molecule has 0 saturated carbocycles. The number of hydrogen-bond acceptors (Lipinski definition) is 2. The third-order valence-electron chi connectivity index (χ3n) is 5.86. The predicted octanol–water partition coefficient (Wildman–Crippen LogP) is 4.61. The first-order valence-corrected chi connectivity index (χ1v) is 10.1. The van der Waals surface area contributed by atoms with Crippen LogP contribution in [0.1, 0.15) is 25.3 Å². The molecule has 4 aromatic rings. The van der Waals surface area contributed by atoms with Crippen LogP contribution in [0, 0.1) is 0 Å². The maximum absolute atomic E-state index is 4.95. The first kappa shape index (κ1) is 16.6. The highest BCUT2D eigenvalue weighted by molar-refractivity contribution is 5.81. The molecule has 0 atom stereocenters. The molecular weight excluding hydrogens is 332 g/mol. The summed E-state index contributed by atoms with van der Waals surface area (Å²) in [6.07, 6.45) is 6.00. The van der Waals surface area contributed by atoms with Crippen molar-refractivity contribution in [2.24, 2.45) is 0 Å². The summed E-state index contributed by atoms with van der Waals surface area (Å²) in [6.45, 7) is 6.73. The molecule has 0 bridgehead atoms. The number of para-hydroxylation sites is 2. The van der Waals surface area contributed by atoms with Crippen molar-refractivity contribution in [3.63, 3.8) is 0 Å². The lowest BCUT2D eigenvalue weighted by atomic mass is 10.1. The summed E-state index contributed by atoms with van der Waals surface area (Å²) in [5, 5.41) is 0. The Kier molecular flexibility index (Phi) is 4.21. The molecule has 0 radical (unpaired) electrons. The fraction of sp³-hybridized carbons (Fsp3) is 0.348. The van der Waals surface area contributed by atoms with Gasteiger partial charge < -0.3 is 9.47 Å². The second-order valence-electron chi connectivity index (χ2n) is 7.54. The van der Waals surface area contributed by atoms with Crippen LogP contribution in [0.5, 0.6) is 0 Å². The SMILES string of the molecule is CCc1ccc(-c2cn3c4ccccc4nc3n2CCN2CCCC2)cc1. The molecule has 0 N–H and O–H groups in total. The lowest BCUT2D eigenvalue weighted by molar-refractivity contribution is 0.324. The fourth-order valence-corrected chi connectivity index (χ4v) is 4.26. The summed E-state index contributed by atoms with van der Waals surface area (Å²) in [6, 6.07) is 17.4. The minimum absolute atomic E-state index is 0.977. The highest BCUT2D eigenvalue weighted by Crippen LogP contribution is 2.27. The van der Waals surface area contributed by atoms with Crippen molar-refractivity contribution in [1.82, 2.24) is 18.9 Å². The number of rotatable bonds is 5. The van der Waals surface area contributed by atoms with Crippen LogP contribution in [-0.2, 0) is 13.0 Å². The minimum atomic E-state index is 0.977. The minimum Gasteiger partial charge on any atom is -0.308 e. The number of fused-ring (bicyclic) bond motifs is 3. The number of nitrogens with zero attached hydrogens (tertiary/aromatic N) is 4. The van der Waals surface area contributed by atoms with Crippen LogP contribution in [0.25, 0.3) is 28.1 Å². The van der Waals surface area contributed by atoms with Crippen molar-refractivity contribution in [2.75, 3.05) is 19.6 Å². The van der Waals surface area contributed by atoms with E-state index >= 15 is 0 Å². The van der Waals surface area contributed by atoms with Gasteiger partial charge in [0.25, 0.3) is 0 Å². The Morgan fingerprint density at radius 3 is 2.48 bits per heavy atom. The highest BCUT2D eigenvalue weighted by Gasteiger charge is 2.17. The molecule has 1 aliphatic rings. The van der Waals surface area contributed by atoms with Gasteiger partial charge in [-0.25, -0.2) is 4.98 Å². The molecule has 0 aliphatic carbocycles. The number of benzene rings is 2. The summed E-state index contributed by atoms with van der Waals surface area (Å²) in [4.78, 5) is 7.52. The third kappa shape index (κ3) is 2.94. The smallest absolute Gasteiger partial charge is 0.215 e. The van der Waals surface area contributed by atoms with Gasteiger partial charge in [0.1, 0.15) is 0 Å². The molecular formula is C23H26N4. The molecule has 2 aromatic carbocycles. The molecule has 1 fully saturated rings. The zero-order valence-corrected chi connectivity index (χ0v) is 15.9. The Labute approximate surface area is 160 Å². The maximum atomic E-state index is 4.95. The lowest BCUT2D eigenvalue weighted by Crippen LogP contribution is -2.24. The van der Waals surface area contributed by atoms with Crippen LogP contribution < -0.4 is 0 Å². The zero-order chi connectivity index (χ0) is 18.2. The summed E-state index contributed by atoms with van der Waals surface area (Å²) in [5.74, 6) is 1.05. The Bertz CT molecular complexity index is 1070. The molecule has 0 amide bonds. The first-order valence-electron chi connectivity index (χ1n) is 10.1. The van der Waals surface area contributed by atoms with E-state index in [1.165, 1.54) is 48.3 Å². The van der Waals surface area contributed by atoms with Gasteiger partial charge in [0.05, 0.1) is 16.7 Å². The number of hydrogen-bond donors (Lipinski definition) is 0. The number of likely N-dealkylation sites (tertiary alicyclic amines) is 1. The molecule has 3 heterocycles. The third-order valence-corrected chi connectivity index (χ3v) is 5.86. The number of aryl methyl sites for hydroxylation is 1. The lowest BCUT2D eigenvalue weighted by Gasteiger charge is -2.16. The van der Waals surface area contributed by atoms with E-state index in [-0.39, 0.29) is 0 Å². The van der Waals surface area contributed by atoms with E-state index in [1.807, 2.05) is 0 Å². The van der Waals surface area contributed by atoms with Gasteiger partial charge >= 0.3 is 0 Å². The van der Waals surface area contributed by atoms with Crippen molar-refractivity contribution in [3.8, 4) is 11.3 Å². The Balaban J connectivity index is 1.61. The summed E-state index contributed by atoms with van der Waals surface area (Å²) in [5.41, 5.74) is 6.15. The molecule has 1 saturated heterocycles. The molecule has 1 aliphatic heterocycles. The van der Waals surface area contributed by atoms with Crippen molar-refractivity contribution in [3.05, 3.63) is 60.3 Å². The monoisotopic (exact) mass is 358 g/mol. The standard InChI is InChI=1S/C23H26N4/c1-2-18-9-11-19(12-10-18)22-17-27-21-8-4-3-7-20(21)24-23(27)26(22)16-15-25-13-5-6-14-25/h3-4,7-12,17H,2,5-6,13-16H2,1H3. The second kappa shape index (κ2) is 6.86. The number of imidazole rings is 2. The van der Waals surface area contributed by atoms with E-state index in [9.17, 15) is 0 Å². The van der Waals surface area contributed by atoms with Gasteiger partial charge in [-0.2, -0.15) is 0 Å². The van der Waals surface area contributed by atoms with Gasteiger partial charge in [-0.1, -0.05) is 43.3 Å². The van der Waals surface area contributed by atoms with E-state index in [0.717, 1.165) is 30.8 Å². The largest absolute Gasteiger partial charge is 0.308 e. The van der Waals surface area contributed by atoms with Crippen LogP contribution in [0.2, 0.25) is 0 Å². The summed E-state index contributed by atoms with van der Waals surface area (Å²) < 4.78 is 4.65. The van der Waals surface area contributed by atoms with E-state index in [1.54, 1.807) is 0 Å². The molecule has 138 valence electrons. The molecule has 4 heteroatoms. The molecule has 0 unspecified atom stereocenters. The van der Waals surface area contributed by atoms with Gasteiger partial charge in [-0.15, -0.1) is 0 Å². The van der Waals surface area contributed by atoms with E-state index in [2.05, 4.69) is 75.5 Å². The van der Waals surface area contributed by atoms with E-state index < -0.39 is 0 Å². The van der Waals surface area contributed by atoms with Crippen LogP contribution in [0.15, 0.2) is 54.7 Å². The summed E-state index contributed by atoms with van der Waals surface area (Å²) >= 11 is 0. The van der Waals surface area contributed by atoms with Crippen LogP contribution in [-0.4, -0.2) is 38.5 Å². The van der Waals surface area contributed by atoms with E-state index in [4.69, 9.17) is 4.98 Å². The van der Waals surface area contributed by atoms with Gasteiger partial charge in [-0.3, -0.25) is 4.40 Å². The Morgan fingerprint density at radius 1 is 0.926 bits per heavy atom. The number of aromatic nitrogens is 3. The maximum Gasteiger partial charge on any atom is 0.215 e. The van der Waals surface area contributed by atoms with Gasteiger partial charge in [0.15, 0.2) is 0 Å². The normalized spacial score (nSPS) is 15.3. The Hall–Kier alpha value is -2.59. The molecule has 4 nitrogen and oxygen atoms in total. The van der Waals surface area contributed by atoms with Crippen molar-refractivity contribution >= 4 is 16.8 Å². The van der Waals surface area contributed by atoms with Crippen LogP contribution >= 0.6 is 0 Å². The molecule has 0 spiro atoms. The first-order chi connectivity index (χ1) is 13.3. The van der Waals surface area contributed by atoms with Crippen LogP contribution in [0.3, 0.4) is 0 Å². The van der Waals surface area contributed by atoms with Crippen molar-refractivity contribution in [2.45, 2.75) is 32.7 Å². The quantitative estimate of drug-likeness (QED) is 0.520. The van der Waals surface area contributed by atoms with Crippen molar-refractivity contribution in [1.29, 1.82) is 0 Å². The fourth-order valence-electron chi connectivity index (χ4n) is 4.26. The predicted molar refractivity (Wildman–Crippen MR) is 111 cm³/mol.